The van der Waals surface area contributed by atoms with Crippen LogP contribution in [0.1, 0.15) is 23.2 Å². The summed E-state index contributed by atoms with van der Waals surface area (Å²) in [5.74, 6) is -1.23. The quantitative estimate of drug-likeness (QED) is 0.871. The Morgan fingerprint density at radius 3 is 2.36 bits per heavy atom. The molecule has 1 saturated carbocycles. The molecule has 1 saturated heterocycles. The third-order valence-corrected chi connectivity index (χ3v) is 4.33. The Bertz CT molecular complexity index is 546. The van der Waals surface area contributed by atoms with Gasteiger partial charge in [0.15, 0.2) is 0 Å². The molecule has 1 heterocycles. The number of morpholine rings is 1. The summed E-state index contributed by atoms with van der Waals surface area (Å²) in [6.07, 6.45) is 1.04. The van der Waals surface area contributed by atoms with Gasteiger partial charge in [-0.25, -0.2) is 0 Å². The number of hydrogen-bond donors (Lipinski definition) is 2. The first-order valence-electron chi connectivity index (χ1n) is 7.60. The highest BCUT2D eigenvalue weighted by Gasteiger charge is 2.35. The number of aliphatic carboxylic acids is 1. The van der Waals surface area contributed by atoms with Crippen LogP contribution in [0.2, 0.25) is 0 Å². The standard InChI is InChI=1S/C16H20N2O4/c19-15(17-13-9-12(10-13)16(20)21)11-1-3-14(4-2-11)18-5-7-22-8-6-18/h1-4,12-13H,5-10H2,(H,17,19)(H,20,21). The highest BCUT2D eigenvalue weighted by Crippen LogP contribution is 2.27. The largest absolute Gasteiger partial charge is 0.481 e. The van der Waals surface area contributed by atoms with E-state index >= 15 is 0 Å². The van der Waals surface area contributed by atoms with Crippen LogP contribution in [-0.4, -0.2) is 49.3 Å². The van der Waals surface area contributed by atoms with Gasteiger partial charge in [-0.05, 0) is 37.1 Å². The molecular weight excluding hydrogens is 284 g/mol. The second kappa shape index (κ2) is 6.36. The molecule has 1 aromatic carbocycles. The number of nitrogens with one attached hydrogen (secondary N) is 1. The molecule has 6 nitrogen and oxygen atoms in total. The summed E-state index contributed by atoms with van der Waals surface area (Å²) in [6, 6.07) is 7.50. The smallest absolute Gasteiger partial charge is 0.306 e. The van der Waals surface area contributed by atoms with Gasteiger partial charge in [-0.3, -0.25) is 9.59 Å². The van der Waals surface area contributed by atoms with Crippen molar-refractivity contribution >= 4 is 17.6 Å². The Labute approximate surface area is 129 Å². The van der Waals surface area contributed by atoms with Crippen molar-refractivity contribution in [1.82, 2.24) is 5.32 Å². The highest BCUT2D eigenvalue weighted by molar-refractivity contribution is 5.95. The second-order valence-electron chi connectivity index (χ2n) is 5.82. The average Bonchev–Trinajstić information content (AvgIpc) is 2.51. The van der Waals surface area contributed by atoms with Gasteiger partial charge in [0.2, 0.25) is 0 Å². The van der Waals surface area contributed by atoms with Crippen LogP contribution in [-0.2, 0) is 9.53 Å². The van der Waals surface area contributed by atoms with Crippen molar-refractivity contribution in [2.45, 2.75) is 18.9 Å². The number of carboxylic acid groups (broad SMARTS) is 1. The molecule has 1 amide bonds. The Balaban J connectivity index is 1.54. The van der Waals surface area contributed by atoms with Crippen molar-refractivity contribution in [3.63, 3.8) is 0 Å². The summed E-state index contributed by atoms with van der Waals surface area (Å²) in [6.45, 7) is 3.19. The van der Waals surface area contributed by atoms with E-state index in [1.807, 2.05) is 24.3 Å². The number of anilines is 1. The van der Waals surface area contributed by atoms with Crippen LogP contribution in [0.15, 0.2) is 24.3 Å². The van der Waals surface area contributed by atoms with Gasteiger partial charge in [0.25, 0.3) is 5.91 Å². The van der Waals surface area contributed by atoms with Gasteiger partial charge in [-0.1, -0.05) is 0 Å². The molecule has 6 heteroatoms. The maximum atomic E-state index is 12.1. The fourth-order valence-electron chi connectivity index (χ4n) is 2.85. The summed E-state index contributed by atoms with van der Waals surface area (Å²) < 4.78 is 5.32. The predicted octanol–water partition coefficient (Wildman–Crippen LogP) is 1.12. The zero-order valence-corrected chi connectivity index (χ0v) is 12.3. The number of carbonyl (C=O) groups excluding carboxylic acids is 1. The number of ether oxygens (including phenoxy) is 1. The first-order chi connectivity index (χ1) is 10.6. The minimum Gasteiger partial charge on any atom is -0.481 e. The van der Waals surface area contributed by atoms with E-state index in [1.165, 1.54) is 0 Å². The molecule has 1 aromatic rings. The highest BCUT2D eigenvalue weighted by atomic mass is 16.5. The van der Waals surface area contributed by atoms with Gasteiger partial charge in [-0.2, -0.15) is 0 Å². The Morgan fingerprint density at radius 2 is 1.77 bits per heavy atom. The molecule has 0 radical (unpaired) electrons. The Hall–Kier alpha value is -2.08. The summed E-state index contributed by atoms with van der Waals surface area (Å²) >= 11 is 0. The van der Waals surface area contributed by atoms with Gasteiger partial charge in [0.05, 0.1) is 19.1 Å². The van der Waals surface area contributed by atoms with E-state index in [0.29, 0.717) is 18.4 Å². The molecular formula is C16H20N2O4. The van der Waals surface area contributed by atoms with Crippen molar-refractivity contribution in [2.75, 3.05) is 31.2 Å². The lowest BCUT2D eigenvalue weighted by atomic mass is 9.80. The fourth-order valence-corrected chi connectivity index (χ4v) is 2.85. The van der Waals surface area contributed by atoms with Crippen molar-refractivity contribution in [3.8, 4) is 0 Å². The summed E-state index contributed by atoms with van der Waals surface area (Å²) in [4.78, 5) is 25.1. The first kappa shape index (κ1) is 14.8. The van der Waals surface area contributed by atoms with Gasteiger partial charge in [0.1, 0.15) is 0 Å². The van der Waals surface area contributed by atoms with Crippen LogP contribution >= 0.6 is 0 Å². The number of hydrogen-bond acceptors (Lipinski definition) is 4. The minimum atomic E-state index is -0.777. The average molecular weight is 304 g/mol. The molecule has 1 aliphatic carbocycles. The van der Waals surface area contributed by atoms with Crippen molar-refractivity contribution in [1.29, 1.82) is 0 Å². The predicted molar refractivity (Wildman–Crippen MR) is 81.1 cm³/mol. The molecule has 1 aliphatic heterocycles. The van der Waals surface area contributed by atoms with Crippen LogP contribution in [0.3, 0.4) is 0 Å². The van der Waals surface area contributed by atoms with Crippen LogP contribution in [0.5, 0.6) is 0 Å². The lowest BCUT2D eigenvalue weighted by molar-refractivity contribution is -0.145. The van der Waals surface area contributed by atoms with Gasteiger partial charge < -0.3 is 20.1 Å². The van der Waals surface area contributed by atoms with Crippen LogP contribution < -0.4 is 10.2 Å². The molecule has 0 unspecified atom stereocenters. The molecule has 0 spiro atoms. The second-order valence-corrected chi connectivity index (χ2v) is 5.82. The molecule has 2 N–H and O–H groups in total. The molecule has 0 aromatic heterocycles. The topological polar surface area (TPSA) is 78.9 Å². The van der Waals surface area contributed by atoms with E-state index in [1.54, 1.807) is 0 Å². The summed E-state index contributed by atoms with van der Waals surface area (Å²) in [5.41, 5.74) is 1.70. The lowest BCUT2D eigenvalue weighted by Gasteiger charge is -2.33. The molecule has 0 atom stereocenters. The Morgan fingerprint density at radius 1 is 1.14 bits per heavy atom. The SMILES string of the molecule is O=C(NC1CC(C(=O)O)C1)c1ccc(N2CCOCC2)cc1. The van der Waals surface area contributed by atoms with Gasteiger partial charge >= 0.3 is 5.97 Å². The zero-order valence-electron chi connectivity index (χ0n) is 12.3. The number of nitrogens with zero attached hydrogens (tertiary/aromatic N) is 1. The molecule has 2 fully saturated rings. The van der Waals surface area contributed by atoms with Crippen molar-refractivity contribution in [2.24, 2.45) is 5.92 Å². The third kappa shape index (κ3) is 3.22. The third-order valence-electron chi connectivity index (χ3n) is 4.33. The van der Waals surface area contributed by atoms with E-state index in [0.717, 1.165) is 32.0 Å². The summed E-state index contributed by atoms with van der Waals surface area (Å²) in [5, 5.41) is 11.7. The number of carboxylic acids is 1. The van der Waals surface area contributed by atoms with E-state index in [2.05, 4.69) is 10.2 Å². The van der Waals surface area contributed by atoms with Gasteiger partial charge in [-0.15, -0.1) is 0 Å². The van der Waals surface area contributed by atoms with Gasteiger partial charge in [0, 0.05) is 30.4 Å². The monoisotopic (exact) mass is 304 g/mol. The number of rotatable bonds is 4. The minimum absolute atomic E-state index is 0.0208. The number of carbonyl (C=O) groups is 2. The summed E-state index contributed by atoms with van der Waals surface area (Å²) in [7, 11) is 0. The molecule has 118 valence electrons. The van der Waals surface area contributed by atoms with Crippen LogP contribution in [0, 0.1) is 5.92 Å². The van der Waals surface area contributed by atoms with E-state index in [9.17, 15) is 9.59 Å². The number of amides is 1. The molecule has 3 rings (SSSR count). The van der Waals surface area contributed by atoms with E-state index in [-0.39, 0.29) is 17.9 Å². The maximum absolute atomic E-state index is 12.1. The number of benzene rings is 1. The Kier molecular flexibility index (Phi) is 4.29. The normalized spacial score (nSPS) is 24.5. The van der Waals surface area contributed by atoms with Crippen LogP contribution in [0.4, 0.5) is 5.69 Å². The van der Waals surface area contributed by atoms with Crippen molar-refractivity contribution < 1.29 is 19.4 Å². The van der Waals surface area contributed by atoms with E-state index in [4.69, 9.17) is 9.84 Å². The zero-order chi connectivity index (χ0) is 15.5. The first-order valence-corrected chi connectivity index (χ1v) is 7.60. The fraction of sp³-hybridized carbons (Fsp3) is 0.500. The molecule has 22 heavy (non-hydrogen) atoms. The molecule has 2 aliphatic rings. The van der Waals surface area contributed by atoms with Crippen molar-refractivity contribution in [3.05, 3.63) is 29.8 Å². The van der Waals surface area contributed by atoms with E-state index < -0.39 is 5.97 Å². The molecule has 0 bridgehead atoms. The maximum Gasteiger partial charge on any atom is 0.306 e. The lowest BCUT2D eigenvalue weighted by Crippen LogP contribution is -2.46. The van der Waals surface area contributed by atoms with Crippen LogP contribution in [0.25, 0.3) is 0 Å².